The van der Waals surface area contributed by atoms with E-state index in [1.165, 1.54) is 10.7 Å². The van der Waals surface area contributed by atoms with Gasteiger partial charge in [0.2, 0.25) is 5.91 Å². The van der Waals surface area contributed by atoms with Gasteiger partial charge in [-0.05, 0) is 18.2 Å². The third kappa shape index (κ3) is 4.42. The fourth-order valence-electron chi connectivity index (χ4n) is 2.53. The molecular weight excluding hydrogens is 328 g/mol. The summed E-state index contributed by atoms with van der Waals surface area (Å²) in [6.45, 7) is 0.446. The molecule has 0 saturated carbocycles. The molecule has 0 atom stereocenters. The lowest BCUT2D eigenvalue weighted by atomic mass is 10.1. The van der Waals surface area contributed by atoms with Gasteiger partial charge in [0, 0.05) is 43.5 Å². The van der Waals surface area contributed by atoms with E-state index in [0.717, 1.165) is 11.3 Å². The van der Waals surface area contributed by atoms with E-state index in [2.05, 4.69) is 10.1 Å². The predicted octanol–water partition coefficient (Wildman–Crippen LogP) is 2.01. The Morgan fingerprint density at radius 1 is 1.04 bits per heavy atom. The fraction of sp³-hybridized carbons (Fsp3) is 0.200. The first kappa shape index (κ1) is 17.5. The molecule has 6 nitrogen and oxygen atoms in total. The average molecular weight is 348 g/mol. The zero-order chi connectivity index (χ0) is 18.4. The molecule has 26 heavy (non-hydrogen) atoms. The Hall–Kier alpha value is -3.28. The largest absolute Gasteiger partial charge is 0.344 e. The molecule has 0 saturated heterocycles. The molecule has 0 aliphatic carbocycles. The van der Waals surface area contributed by atoms with Gasteiger partial charge in [0.05, 0.1) is 5.69 Å². The first-order valence-electron chi connectivity index (χ1n) is 8.41. The van der Waals surface area contributed by atoms with E-state index >= 15 is 0 Å². The van der Waals surface area contributed by atoms with E-state index in [-0.39, 0.29) is 18.0 Å². The van der Waals surface area contributed by atoms with Crippen LogP contribution in [0.25, 0.3) is 11.3 Å². The van der Waals surface area contributed by atoms with Gasteiger partial charge in [0.25, 0.3) is 5.56 Å². The molecule has 1 aromatic carbocycles. The normalized spacial score (nSPS) is 10.5. The molecule has 3 aromatic rings. The Kier molecular flexibility index (Phi) is 5.53. The molecule has 2 aromatic heterocycles. The lowest BCUT2D eigenvalue weighted by Gasteiger charge is -2.17. The van der Waals surface area contributed by atoms with Crippen molar-refractivity contribution in [2.75, 3.05) is 13.6 Å². The minimum absolute atomic E-state index is 0.0851. The number of hydrogen-bond donors (Lipinski definition) is 0. The Morgan fingerprint density at radius 3 is 2.54 bits per heavy atom. The van der Waals surface area contributed by atoms with Crippen LogP contribution in [0.2, 0.25) is 0 Å². The number of carbonyl (C=O) groups is 1. The van der Waals surface area contributed by atoms with Crippen molar-refractivity contribution in [2.45, 2.75) is 13.0 Å². The Morgan fingerprint density at radius 2 is 1.81 bits per heavy atom. The third-order valence-electron chi connectivity index (χ3n) is 4.08. The number of rotatable bonds is 6. The highest BCUT2D eigenvalue weighted by Crippen LogP contribution is 2.13. The van der Waals surface area contributed by atoms with Crippen LogP contribution in [0.1, 0.15) is 5.69 Å². The van der Waals surface area contributed by atoms with Crippen molar-refractivity contribution < 1.29 is 4.79 Å². The second-order valence-electron chi connectivity index (χ2n) is 5.97. The van der Waals surface area contributed by atoms with Crippen LogP contribution in [0.15, 0.2) is 71.7 Å². The molecule has 0 spiro atoms. The number of pyridine rings is 1. The summed E-state index contributed by atoms with van der Waals surface area (Å²) in [7, 11) is 1.72. The Labute approximate surface area is 151 Å². The quantitative estimate of drug-likeness (QED) is 0.683. The lowest BCUT2D eigenvalue weighted by molar-refractivity contribution is -0.130. The second-order valence-corrected chi connectivity index (χ2v) is 5.97. The summed E-state index contributed by atoms with van der Waals surface area (Å²) in [6.07, 6.45) is 2.39. The van der Waals surface area contributed by atoms with Crippen molar-refractivity contribution in [1.82, 2.24) is 19.7 Å². The maximum Gasteiger partial charge on any atom is 0.267 e. The number of likely N-dealkylation sites (N-methyl/N-ethyl adjacent to an activating group) is 1. The van der Waals surface area contributed by atoms with E-state index in [4.69, 9.17) is 0 Å². The van der Waals surface area contributed by atoms with E-state index in [1.54, 1.807) is 24.2 Å². The predicted molar refractivity (Wildman–Crippen MR) is 99.5 cm³/mol. The van der Waals surface area contributed by atoms with Crippen molar-refractivity contribution in [3.63, 3.8) is 0 Å². The first-order chi connectivity index (χ1) is 12.6. The molecule has 1 amide bonds. The van der Waals surface area contributed by atoms with Crippen LogP contribution in [-0.2, 0) is 17.8 Å². The van der Waals surface area contributed by atoms with Gasteiger partial charge < -0.3 is 4.90 Å². The average Bonchev–Trinajstić information content (AvgIpc) is 2.69. The van der Waals surface area contributed by atoms with Crippen LogP contribution in [0.4, 0.5) is 0 Å². The summed E-state index contributed by atoms with van der Waals surface area (Å²) >= 11 is 0. The van der Waals surface area contributed by atoms with Gasteiger partial charge in [-0.15, -0.1) is 0 Å². The number of carbonyl (C=O) groups excluding carboxylic acids is 1. The van der Waals surface area contributed by atoms with Gasteiger partial charge in [-0.3, -0.25) is 14.6 Å². The van der Waals surface area contributed by atoms with Gasteiger partial charge in [-0.25, -0.2) is 4.68 Å². The van der Waals surface area contributed by atoms with Crippen LogP contribution in [-0.4, -0.2) is 39.2 Å². The minimum Gasteiger partial charge on any atom is -0.344 e. The Bertz CT molecular complexity index is 923. The monoisotopic (exact) mass is 348 g/mol. The molecule has 0 fully saturated rings. The van der Waals surface area contributed by atoms with Crippen molar-refractivity contribution in [2.24, 2.45) is 0 Å². The maximum absolute atomic E-state index is 12.4. The van der Waals surface area contributed by atoms with Gasteiger partial charge in [0.1, 0.15) is 6.54 Å². The molecule has 0 radical (unpaired) electrons. The summed E-state index contributed by atoms with van der Waals surface area (Å²) in [4.78, 5) is 30.3. The van der Waals surface area contributed by atoms with Crippen LogP contribution in [0, 0.1) is 0 Å². The fourth-order valence-corrected chi connectivity index (χ4v) is 2.53. The smallest absolute Gasteiger partial charge is 0.267 e. The summed E-state index contributed by atoms with van der Waals surface area (Å²) in [5.74, 6) is -0.166. The van der Waals surface area contributed by atoms with Crippen molar-refractivity contribution in [3.8, 4) is 11.3 Å². The van der Waals surface area contributed by atoms with Crippen LogP contribution in [0.3, 0.4) is 0 Å². The van der Waals surface area contributed by atoms with Crippen molar-refractivity contribution >= 4 is 5.91 Å². The maximum atomic E-state index is 12.4. The zero-order valence-electron chi connectivity index (χ0n) is 14.6. The third-order valence-corrected chi connectivity index (χ3v) is 4.08. The first-order valence-corrected chi connectivity index (χ1v) is 8.41. The summed E-state index contributed by atoms with van der Waals surface area (Å²) in [5, 5.41) is 4.33. The van der Waals surface area contributed by atoms with Gasteiger partial charge in [0.15, 0.2) is 0 Å². The van der Waals surface area contributed by atoms with Crippen molar-refractivity contribution in [3.05, 3.63) is 82.9 Å². The second kappa shape index (κ2) is 8.20. The van der Waals surface area contributed by atoms with E-state index in [9.17, 15) is 9.59 Å². The Balaban J connectivity index is 1.67. The minimum atomic E-state index is -0.295. The molecule has 6 heteroatoms. The van der Waals surface area contributed by atoms with Gasteiger partial charge in [-0.1, -0.05) is 36.4 Å². The standard InChI is InChI=1S/C20H20N4O2/c1-23(14-12-17-9-5-6-13-21-17)20(26)15-24-19(25)11-10-18(22-24)16-7-3-2-4-8-16/h2-11,13H,12,14-15H2,1H3. The molecular formula is C20H20N4O2. The zero-order valence-corrected chi connectivity index (χ0v) is 14.6. The topological polar surface area (TPSA) is 68.1 Å². The van der Waals surface area contributed by atoms with Crippen LogP contribution < -0.4 is 5.56 Å². The van der Waals surface area contributed by atoms with Crippen LogP contribution >= 0.6 is 0 Å². The number of hydrogen-bond acceptors (Lipinski definition) is 4. The summed E-state index contributed by atoms with van der Waals surface area (Å²) < 4.78 is 1.21. The van der Waals surface area contributed by atoms with E-state index in [1.807, 2.05) is 48.5 Å². The SMILES string of the molecule is CN(CCc1ccccn1)C(=O)Cn1nc(-c2ccccc2)ccc1=O. The highest BCUT2D eigenvalue weighted by atomic mass is 16.2. The number of aromatic nitrogens is 3. The molecule has 0 aliphatic heterocycles. The molecule has 0 unspecified atom stereocenters. The summed E-state index contributed by atoms with van der Waals surface area (Å²) in [5.41, 5.74) is 2.19. The van der Waals surface area contributed by atoms with Crippen molar-refractivity contribution in [1.29, 1.82) is 0 Å². The molecule has 3 rings (SSSR count). The number of amides is 1. The number of nitrogens with zero attached hydrogens (tertiary/aromatic N) is 4. The highest BCUT2D eigenvalue weighted by Gasteiger charge is 2.12. The van der Waals surface area contributed by atoms with Crippen LogP contribution in [0.5, 0.6) is 0 Å². The van der Waals surface area contributed by atoms with Gasteiger partial charge >= 0.3 is 0 Å². The lowest BCUT2D eigenvalue weighted by Crippen LogP contribution is -2.36. The summed E-state index contributed by atoms with van der Waals surface area (Å²) in [6, 6.07) is 18.4. The molecule has 2 heterocycles. The van der Waals surface area contributed by atoms with E-state index < -0.39 is 0 Å². The molecule has 0 bridgehead atoms. The molecule has 132 valence electrons. The van der Waals surface area contributed by atoms with E-state index in [0.29, 0.717) is 18.7 Å². The molecule has 0 N–H and O–H groups in total. The van der Waals surface area contributed by atoms with Gasteiger partial charge in [-0.2, -0.15) is 5.10 Å². The molecule has 0 aliphatic rings. The number of benzene rings is 1. The highest BCUT2D eigenvalue weighted by molar-refractivity contribution is 5.75.